The van der Waals surface area contributed by atoms with E-state index < -0.39 is 0 Å². The summed E-state index contributed by atoms with van der Waals surface area (Å²) in [7, 11) is 0. The van der Waals surface area contributed by atoms with Gasteiger partial charge in [0.05, 0.1) is 13.2 Å². The van der Waals surface area contributed by atoms with E-state index in [-0.39, 0.29) is 6.03 Å². The van der Waals surface area contributed by atoms with Gasteiger partial charge in [0.15, 0.2) is 0 Å². The number of likely N-dealkylation sites (tertiary alicyclic amines) is 1. The molecule has 2 rings (SSSR count). The van der Waals surface area contributed by atoms with E-state index in [9.17, 15) is 4.79 Å². The van der Waals surface area contributed by atoms with Crippen LogP contribution in [0.25, 0.3) is 0 Å². The van der Waals surface area contributed by atoms with Gasteiger partial charge in [-0.15, -0.1) is 0 Å². The molecule has 0 aromatic heterocycles. The molecule has 1 saturated heterocycles. The number of carbonyl (C=O) groups excluding carboxylic acids is 1. The Bertz CT molecular complexity index is 476. The predicted octanol–water partition coefficient (Wildman–Crippen LogP) is 3.44. The van der Waals surface area contributed by atoms with Gasteiger partial charge in [-0.05, 0) is 56.9 Å². The Kier molecular flexibility index (Phi) is 7.04. The maximum atomic E-state index is 12.2. The second-order valence-corrected chi connectivity index (χ2v) is 5.74. The van der Waals surface area contributed by atoms with Gasteiger partial charge in [0.1, 0.15) is 18.1 Å². The van der Waals surface area contributed by atoms with Gasteiger partial charge >= 0.3 is 6.03 Å². The molecule has 5 nitrogen and oxygen atoms in total. The minimum atomic E-state index is 0.0341. The van der Waals surface area contributed by atoms with Crippen LogP contribution in [-0.4, -0.2) is 43.3 Å². The smallest absolute Gasteiger partial charge is 0.317 e. The van der Waals surface area contributed by atoms with Crippen molar-refractivity contribution in [3.63, 3.8) is 0 Å². The van der Waals surface area contributed by atoms with Crippen molar-refractivity contribution in [3.8, 4) is 11.5 Å². The number of amides is 2. The highest BCUT2D eigenvalue weighted by Gasteiger charge is 2.24. The molecule has 0 bridgehead atoms. The Balaban J connectivity index is 1.69. The zero-order valence-corrected chi connectivity index (χ0v) is 14.2. The molecule has 23 heavy (non-hydrogen) atoms. The van der Waals surface area contributed by atoms with Gasteiger partial charge in [0, 0.05) is 12.6 Å². The first-order chi connectivity index (χ1) is 11.2. The highest BCUT2D eigenvalue weighted by molar-refractivity contribution is 5.74. The van der Waals surface area contributed by atoms with Crippen LogP contribution < -0.4 is 14.8 Å². The average Bonchev–Trinajstić information content (AvgIpc) is 2.60. The molecule has 1 aromatic rings. The molecule has 1 heterocycles. The number of carbonyl (C=O) groups is 1. The van der Waals surface area contributed by atoms with E-state index in [4.69, 9.17) is 9.47 Å². The van der Waals surface area contributed by atoms with Gasteiger partial charge in [-0.25, -0.2) is 4.79 Å². The lowest BCUT2D eigenvalue weighted by Gasteiger charge is -2.35. The third kappa shape index (κ3) is 5.34. The summed E-state index contributed by atoms with van der Waals surface area (Å²) in [6, 6.07) is 7.95. The van der Waals surface area contributed by atoms with Crippen LogP contribution in [0.3, 0.4) is 0 Å². The standard InChI is InChI=1S/C18H28N2O3/c1-3-15-7-5-6-13-20(15)18(21)19-12-14-23-17-10-8-16(9-11-17)22-4-2/h8-11,15H,3-7,12-14H2,1-2H3,(H,19,21). The van der Waals surface area contributed by atoms with Gasteiger partial charge in [-0.3, -0.25) is 0 Å². The fourth-order valence-corrected chi connectivity index (χ4v) is 2.92. The van der Waals surface area contributed by atoms with Crippen LogP contribution in [0.1, 0.15) is 39.5 Å². The Hall–Kier alpha value is -1.91. The third-order valence-corrected chi connectivity index (χ3v) is 4.14. The van der Waals surface area contributed by atoms with Crippen LogP contribution in [0.5, 0.6) is 11.5 Å². The van der Waals surface area contributed by atoms with Crippen LogP contribution in [0.2, 0.25) is 0 Å². The molecule has 1 aliphatic heterocycles. The van der Waals surface area contributed by atoms with E-state index >= 15 is 0 Å². The van der Waals surface area contributed by atoms with Crippen molar-refractivity contribution in [3.05, 3.63) is 24.3 Å². The number of nitrogens with one attached hydrogen (secondary N) is 1. The first-order valence-electron chi connectivity index (χ1n) is 8.64. The summed E-state index contributed by atoms with van der Waals surface area (Å²) in [5.41, 5.74) is 0. The summed E-state index contributed by atoms with van der Waals surface area (Å²) in [6.45, 7) is 6.60. The minimum Gasteiger partial charge on any atom is -0.494 e. The second-order valence-electron chi connectivity index (χ2n) is 5.74. The van der Waals surface area contributed by atoms with Crippen molar-refractivity contribution in [2.45, 2.75) is 45.6 Å². The second kappa shape index (κ2) is 9.28. The molecule has 0 saturated carbocycles. The number of piperidine rings is 1. The van der Waals surface area contributed by atoms with Crippen LogP contribution in [0.15, 0.2) is 24.3 Å². The fraction of sp³-hybridized carbons (Fsp3) is 0.611. The van der Waals surface area contributed by atoms with E-state index in [0.717, 1.165) is 37.3 Å². The van der Waals surface area contributed by atoms with E-state index in [0.29, 0.717) is 25.8 Å². The molecule has 1 fully saturated rings. The number of benzene rings is 1. The Morgan fingerprint density at radius 2 is 1.87 bits per heavy atom. The minimum absolute atomic E-state index is 0.0341. The molecule has 0 spiro atoms. The summed E-state index contributed by atoms with van der Waals surface area (Å²) in [5, 5.41) is 2.96. The Morgan fingerprint density at radius 1 is 1.17 bits per heavy atom. The van der Waals surface area contributed by atoms with Crippen molar-refractivity contribution in [2.75, 3.05) is 26.3 Å². The molecule has 1 atom stereocenters. The molecule has 1 aliphatic rings. The van der Waals surface area contributed by atoms with Crippen molar-refractivity contribution in [1.29, 1.82) is 0 Å². The van der Waals surface area contributed by atoms with E-state index in [2.05, 4.69) is 12.2 Å². The van der Waals surface area contributed by atoms with E-state index in [1.807, 2.05) is 36.1 Å². The molecule has 128 valence electrons. The van der Waals surface area contributed by atoms with Gasteiger partial charge in [0.25, 0.3) is 0 Å². The summed E-state index contributed by atoms with van der Waals surface area (Å²) in [4.78, 5) is 14.2. The molecule has 0 aliphatic carbocycles. The fourth-order valence-electron chi connectivity index (χ4n) is 2.92. The topological polar surface area (TPSA) is 50.8 Å². The molecular weight excluding hydrogens is 292 g/mol. The number of nitrogens with zero attached hydrogens (tertiary/aromatic N) is 1. The highest BCUT2D eigenvalue weighted by atomic mass is 16.5. The normalized spacial score (nSPS) is 17.7. The van der Waals surface area contributed by atoms with Crippen molar-refractivity contribution >= 4 is 6.03 Å². The number of urea groups is 1. The van der Waals surface area contributed by atoms with E-state index in [1.165, 1.54) is 6.42 Å². The summed E-state index contributed by atoms with van der Waals surface area (Å²) in [6.07, 6.45) is 4.47. The lowest BCUT2D eigenvalue weighted by molar-refractivity contribution is 0.147. The quantitative estimate of drug-likeness (QED) is 0.783. The molecule has 1 unspecified atom stereocenters. The molecular formula is C18H28N2O3. The monoisotopic (exact) mass is 320 g/mol. The van der Waals surface area contributed by atoms with Crippen molar-refractivity contribution in [1.82, 2.24) is 10.2 Å². The number of ether oxygens (including phenoxy) is 2. The van der Waals surface area contributed by atoms with Crippen LogP contribution in [0.4, 0.5) is 4.79 Å². The average molecular weight is 320 g/mol. The summed E-state index contributed by atoms with van der Waals surface area (Å²) >= 11 is 0. The summed E-state index contributed by atoms with van der Waals surface area (Å²) in [5.74, 6) is 1.62. The van der Waals surface area contributed by atoms with Gasteiger partial charge < -0.3 is 19.7 Å². The van der Waals surface area contributed by atoms with Crippen molar-refractivity contribution in [2.24, 2.45) is 0 Å². The molecule has 0 radical (unpaired) electrons. The number of rotatable bonds is 7. The SMILES string of the molecule is CCOc1ccc(OCCNC(=O)N2CCCCC2CC)cc1. The lowest BCUT2D eigenvalue weighted by Crippen LogP contribution is -2.49. The van der Waals surface area contributed by atoms with Gasteiger partial charge in [-0.2, -0.15) is 0 Å². The Morgan fingerprint density at radius 3 is 2.52 bits per heavy atom. The van der Waals surface area contributed by atoms with Gasteiger partial charge in [-0.1, -0.05) is 6.92 Å². The number of hydrogen-bond acceptors (Lipinski definition) is 3. The first kappa shape index (κ1) is 17.4. The highest BCUT2D eigenvalue weighted by Crippen LogP contribution is 2.19. The maximum Gasteiger partial charge on any atom is 0.317 e. The van der Waals surface area contributed by atoms with Crippen molar-refractivity contribution < 1.29 is 14.3 Å². The zero-order valence-electron chi connectivity index (χ0n) is 14.2. The zero-order chi connectivity index (χ0) is 16.5. The maximum absolute atomic E-state index is 12.2. The lowest BCUT2D eigenvalue weighted by atomic mass is 10.0. The Labute approximate surface area is 139 Å². The van der Waals surface area contributed by atoms with Crippen LogP contribution in [-0.2, 0) is 0 Å². The number of hydrogen-bond donors (Lipinski definition) is 1. The largest absolute Gasteiger partial charge is 0.494 e. The third-order valence-electron chi connectivity index (χ3n) is 4.14. The summed E-state index contributed by atoms with van der Waals surface area (Å²) < 4.78 is 11.0. The predicted molar refractivity (Wildman–Crippen MR) is 91.1 cm³/mol. The first-order valence-corrected chi connectivity index (χ1v) is 8.64. The molecule has 1 N–H and O–H groups in total. The van der Waals surface area contributed by atoms with E-state index in [1.54, 1.807) is 0 Å². The molecule has 1 aromatic carbocycles. The van der Waals surface area contributed by atoms with Gasteiger partial charge in [0.2, 0.25) is 0 Å². The van der Waals surface area contributed by atoms with Crippen LogP contribution >= 0.6 is 0 Å². The van der Waals surface area contributed by atoms with Crippen LogP contribution in [0, 0.1) is 0 Å². The molecule has 2 amide bonds. The molecule has 5 heteroatoms.